The summed E-state index contributed by atoms with van der Waals surface area (Å²) in [5.41, 5.74) is 0. The third-order valence-corrected chi connectivity index (χ3v) is 5.13. The Morgan fingerprint density at radius 3 is 2.76 bits per heavy atom. The Bertz CT molecular complexity index is 467. The Morgan fingerprint density at radius 2 is 2.14 bits per heavy atom. The molecule has 0 spiro atoms. The van der Waals surface area contributed by atoms with Gasteiger partial charge in [0.25, 0.3) is 0 Å². The second kappa shape index (κ2) is 5.54. The predicted molar refractivity (Wildman–Crippen MR) is 73.5 cm³/mol. The molecular formula is C14H21N3O4. The lowest BCUT2D eigenvalue weighted by atomic mass is 9.89. The minimum atomic E-state index is -1.09. The van der Waals surface area contributed by atoms with E-state index in [-0.39, 0.29) is 19.0 Å². The number of carboxylic acid groups (broad SMARTS) is 1. The quantitative estimate of drug-likeness (QED) is 0.683. The van der Waals surface area contributed by atoms with Crippen LogP contribution in [-0.4, -0.2) is 53.6 Å². The Kier molecular flexibility index (Phi) is 3.73. The van der Waals surface area contributed by atoms with Crippen molar-refractivity contribution in [3.05, 3.63) is 0 Å². The number of carboxylic acids is 1. The number of piperazine rings is 1. The Morgan fingerprint density at radius 1 is 1.33 bits per heavy atom. The average molecular weight is 295 g/mol. The predicted octanol–water partition coefficient (Wildman–Crippen LogP) is 0.0172. The molecule has 0 radical (unpaired) electrons. The number of amides is 3. The normalized spacial score (nSPS) is 34.7. The standard InChI is InChI=1S/C14H21N3O4/c18-12-7-17(11(6-15-12)13(19)20)14(21)16-5-10-4-8-1-2-9(10)3-8/h8-11H,1-7H2,(H,15,18)(H,16,21)(H,19,20). The van der Waals surface area contributed by atoms with Crippen molar-refractivity contribution in [2.24, 2.45) is 17.8 Å². The van der Waals surface area contributed by atoms with Crippen molar-refractivity contribution >= 4 is 17.9 Å². The zero-order chi connectivity index (χ0) is 15.0. The summed E-state index contributed by atoms with van der Waals surface area (Å²) in [4.78, 5) is 35.9. The molecule has 4 unspecified atom stereocenters. The summed E-state index contributed by atoms with van der Waals surface area (Å²) >= 11 is 0. The fourth-order valence-corrected chi connectivity index (χ4v) is 4.02. The van der Waals surface area contributed by atoms with Crippen LogP contribution in [0.25, 0.3) is 0 Å². The van der Waals surface area contributed by atoms with E-state index < -0.39 is 18.0 Å². The van der Waals surface area contributed by atoms with Gasteiger partial charge in [-0.2, -0.15) is 0 Å². The number of hydrogen-bond donors (Lipinski definition) is 3. The summed E-state index contributed by atoms with van der Waals surface area (Å²) in [5.74, 6) is 0.613. The second-order valence-electron chi connectivity index (χ2n) is 6.41. The van der Waals surface area contributed by atoms with E-state index in [2.05, 4.69) is 10.6 Å². The van der Waals surface area contributed by atoms with Gasteiger partial charge in [-0.25, -0.2) is 9.59 Å². The number of fused-ring (bicyclic) bond motifs is 2. The van der Waals surface area contributed by atoms with Gasteiger partial charge < -0.3 is 15.7 Å². The molecule has 0 aromatic carbocycles. The Hall–Kier alpha value is -1.79. The van der Waals surface area contributed by atoms with E-state index in [9.17, 15) is 14.4 Å². The summed E-state index contributed by atoms with van der Waals surface area (Å²) in [5, 5.41) is 14.4. The van der Waals surface area contributed by atoms with E-state index in [1.165, 1.54) is 19.3 Å². The van der Waals surface area contributed by atoms with Gasteiger partial charge in [0.15, 0.2) is 0 Å². The summed E-state index contributed by atoms with van der Waals surface area (Å²) in [7, 11) is 0. The maximum absolute atomic E-state index is 12.2. The van der Waals surface area contributed by atoms with Gasteiger partial charge in [-0.15, -0.1) is 0 Å². The molecule has 3 rings (SSSR count). The van der Waals surface area contributed by atoms with Crippen LogP contribution >= 0.6 is 0 Å². The molecule has 0 aromatic heterocycles. The summed E-state index contributed by atoms with van der Waals surface area (Å²) in [6.07, 6.45) is 4.98. The molecule has 2 bridgehead atoms. The minimum absolute atomic E-state index is 0.0320. The lowest BCUT2D eigenvalue weighted by Crippen LogP contribution is -2.61. The summed E-state index contributed by atoms with van der Waals surface area (Å²) < 4.78 is 0. The number of carbonyl (C=O) groups is 3. The lowest BCUT2D eigenvalue weighted by Gasteiger charge is -2.33. The van der Waals surface area contributed by atoms with E-state index >= 15 is 0 Å². The molecule has 1 aliphatic heterocycles. The van der Waals surface area contributed by atoms with Crippen molar-refractivity contribution in [3.63, 3.8) is 0 Å². The fourth-order valence-electron chi connectivity index (χ4n) is 4.02. The van der Waals surface area contributed by atoms with E-state index in [4.69, 9.17) is 5.11 Å². The van der Waals surface area contributed by atoms with Crippen molar-refractivity contribution in [1.29, 1.82) is 0 Å². The van der Waals surface area contributed by atoms with Gasteiger partial charge in [0.2, 0.25) is 5.91 Å². The number of nitrogens with one attached hydrogen (secondary N) is 2. The molecule has 3 aliphatic rings. The van der Waals surface area contributed by atoms with Gasteiger partial charge in [-0.1, -0.05) is 6.42 Å². The van der Waals surface area contributed by atoms with Crippen LogP contribution in [0.2, 0.25) is 0 Å². The smallest absolute Gasteiger partial charge is 0.328 e. The molecule has 21 heavy (non-hydrogen) atoms. The fraction of sp³-hybridized carbons (Fsp3) is 0.786. The monoisotopic (exact) mass is 295 g/mol. The van der Waals surface area contributed by atoms with Gasteiger partial charge in [0.1, 0.15) is 12.6 Å². The van der Waals surface area contributed by atoms with Gasteiger partial charge in [-0.3, -0.25) is 9.69 Å². The molecule has 7 heteroatoms. The van der Waals surface area contributed by atoms with Crippen LogP contribution in [-0.2, 0) is 9.59 Å². The van der Waals surface area contributed by atoms with Crippen LogP contribution in [0.5, 0.6) is 0 Å². The highest BCUT2D eigenvalue weighted by atomic mass is 16.4. The zero-order valence-corrected chi connectivity index (χ0v) is 11.9. The maximum Gasteiger partial charge on any atom is 0.328 e. The zero-order valence-electron chi connectivity index (χ0n) is 11.9. The van der Waals surface area contributed by atoms with E-state index in [0.717, 1.165) is 17.2 Å². The molecule has 4 atom stereocenters. The first kappa shape index (κ1) is 14.2. The number of aliphatic carboxylic acids is 1. The van der Waals surface area contributed by atoms with Crippen molar-refractivity contribution in [2.75, 3.05) is 19.6 Å². The van der Waals surface area contributed by atoms with Gasteiger partial charge in [0, 0.05) is 13.1 Å². The maximum atomic E-state index is 12.2. The van der Waals surface area contributed by atoms with Crippen molar-refractivity contribution in [1.82, 2.24) is 15.5 Å². The molecule has 2 saturated carbocycles. The highest BCUT2D eigenvalue weighted by Gasteiger charge is 2.40. The topological polar surface area (TPSA) is 98.7 Å². The highest BCUT2D eigenvalue weighted by molar-refractivity contribution is 5.90. The number of carbonyl (C=O) groups excluding carboxylic acids is 2. The number of nitrogens with zero attached hydrogens (tertiary/aromatic N) is 1. The molecule has 2 aliphatic carbocycles. The second-order valence-corrected chi connectivity index (χ2v) is 6.41. The third-order valence-electron chi connectivity index (χ3n) is 5.13. The molecule has 1 heterocycles. The van der Waals surface area contributed by atoms with Crippen LogP contribution in [0.4, 0.5) is 4.79 Å². The first-order valence-corrected chi connectivity index (χ1v) is 7.58. The molecule has 0 aromatic rings. The van der Waals surface area contributed by atoms with Crippen molar-refractivity contribution in [2.45, 2.75) is 31.7 Å². The molecule has 3 N–H and O–H groups in total. The summed E-state index contributed by atoms with van der Waals surface area (Å²) in [6.45, 7) is 0.361. The minimum Gasteiger partial charge on any atom is -0.480 e. The number of hydrogen-bond acceptors (Lipinski definition) is 3. The Labute approximate surface area is 123 Å². The molecule has 116 valence electrons. The van der Waals surface area contributed by atoms with E-state index in [1.807, 2.05) is 0 Å². The number of rotatable bonds is 3. The van der Waals surface area contributed by atoms with Crippen LogP contribution in [0.15, 0.2) is 0 Å². The SMILES string of the molecule is O=C1CN(C(=O)NCC2CC3CCC2C3)C(C(=O)O)CN1. The van der Waals surface area contributed by atoms with Crippen molar-refractivity contribution in [3.8, 4) is 0 Å². The Balaban J connectivity index is 1.55. The molecular weight excluding hydrogens is 274 g/mol. The van der Waals surface area contributed by atoms with E-state index in [0.29, 0.717) is 18.4 Å². The third kappa shape index (κ3) is 2.82. The van der Waals surface area contributed by atoms with Crippen LogP contribution < -0.4 is 10.6 Å². The first-order valence-electron chi connectivity index (χ1n) is 7.58. The van der Waals surface area contributed by atoms with Crippen LogP contribution in [0, 0.1) is 17.8 Å². The molecule has 1 saturated heterocycles. The van der Waals surface area contributed by atoms with E-state index in [1.54, 1.807) is 0 Å². The average Bonchev–Trinajstić information content (AvgIpc) is 3.06. The first-order chi connectivity index (χ1) is 10.0. The molecule has 3 amide bonds. The lowest BCUT2D eigenvalue weighted by molar-refractivity contribution is -0.144. The molecule has 7 nitrogen and oxygen atoms in total. The van der Waals surface area contributed by atoms with Crippen LogP contribution in [0.1, 0.15) is 25.7 Å². The number of urea groups is 1. The van der Waals surface area contributed by atoms with Gasteiger partial charge in [-0.05, 0) is 37.0 Å². The molecule has 3 fully saturated rings. The highest BCUT2D eigenvalue weighted by Crippen LogP contribution is 2.47. The summed E-state index contributed by atoms with van der Waals surface area (Å²) in [6, 6.07) is -1.43. The van der Waals surface area contributed by atoms with Gasteiger partial charge >= 0.3 is 12.0 Å². The van der Waals surface area contributed by atoms with Crippen LogP contribution in [0.3, 0.4) is 0 Å². The van der Waals surface area contributed by atoms with Crippen molar-refractivity contribution < 1.29 is 19.5 Å². The van der Waals surface area contributed by atoms with Gasteiger partial charge in [0.05, 0.1) is 0 Å². The largest absolute Gasteiger partial charge is 0.480 e.